The molecule has 1 unspecified atom stereocenters. The SMILES string of the molecule is CCC(N)N(CC(=O)O)N(C)C. The second-order valence-electron chi connectivity index (χ2n) is 2.81. The van der Waals surface area contributed by atoms with Crippen LogP contribution in [0.15, 0.2) is 0 Å². The van der Waals surface area contributed by atoms with Crippen molar-refractivity contribution in [3.05, 3.63) is 0 Å². The van der Waals surface area contributed by atoms with E-state index >= 15 is 0 Å². The van der Waals surface area contributed by atoms with Crippen molar-refractivity contribution in [1.29, 1.82) is 0 Å². The zero-order valence-corrected chi connectivity index (χ0v) is 7.82. The Morgan fingerprint density at radius 3 is 2.33 bits per heavy atom. The van der Waals surface area contributed by atoms with Crippen LogP contribution in [-0.4, -0.2) is 47.9 Å². The number of nitrogens with zero attached hydrogens (tertiary/aromatic N) is 2. The van der Waals surface area contributed by atoms with Gasteiger partial charge in [-0.2, -0.15) is 0 Å². The summed E-state index contributed by atoms with van der Waals surface area (Å²) in [5.74, 6) is -0.868. The molecule has 0 aromatic rings. The minimum absolute atomic E-state index is 0.0536. The number of carboxylic acids is 1. The summed E-state index contributed by atoms with van der Waals surface area (Å²) in [5.41, 5.74) is 5.69. The topological polar surface area (TPSA) is 69.8 Å². The Labute approximate surface area is 72.7 Å². The summed E-state index contributed by atoms with van der Waals surface area (Å²) in [7, 11) is 3.55. The van der Waals surface area contributed by atoms with Crippen LogP contribution in [0.4, 0.5) is 0 Å². The lowest BCUT2D eigenvalue weighted by atomic mass is 10.3. The predicted octanol–water partition coefficient (Wildman–Crippen LogP) is -0.456. The van der Waals surface area contributed by atoms with Crippen molar-refractivity contribution in [2.45, 2.75) is 19.5 Å². The Morgan fingerprint density at radius 1 is 1.58 bits per heavy atom. The lowest BCUT2D eigenvalue weighted by Crippen LogP contribution is -2.51. The molecule has 0 aliphatic rings. The fourth-order valence-electron chi connectivity index (χ4n) is 0.905. The fraction of sp³-hybridized carbons (Fsp3) is 0.857. The van der Waals surface area contributed by atoms with Gasteiger partial charge in [-0.25, -0.2) is 10.0 Å². The Morgan fingerprint density at radius 2 is 2.08 bits per heavy atom. The van der Waals surface area contributed by atoms with Gasteiger partial charge in [-0.1, -0.05) is 6.92 Å². The van der Waals surface area contributed by atoms with Gasteiger partial charge in [0.05, 0.1) is 6.17 Å². The molecule has 0 heterocycles. The highest BCUT2D eigenvalue weighted by Crippen LogP contribution is 1.99. The molecule has 0 radical (unpaired) electrons. The summed E-state index contributed by atoms with van der Waals surface area (Å²) in [5, 5.41) is 11.8. The van der Waals surface area contributed by atoms with Crippen LogP contribution in [0.3, 0.4) is 0 Å². The van der Waals surface area contributed by atoms with Crippen molar-refractivity contribution < 1.29 is 9.90 Å². The van der Waals surface area contributed by atoms with Crippen LogP contribution in [0.1, 0.15) is 13.3 Å². The van der Waals surface area contributed by atoms with Crippen LogP contribution >= 0.6 is 0 Å². The van der Waals surface area contributed by atoms with Crippen molar-refractivity contribution in [2.24, 2.45) is 5.73 Å². The molecule has 72 valence electrons. The van der Waals surface area contributed by atoms with Gasteiger partial charge in [-0.3, -0.25) is 4.79 Å². The van der Waals surface area contributed by atoms with Crippen molar-refractivity contribution in [3.8, 4) is 0 Å². The smallest absolute Gasteiger partial charge is 0.319 e. The van der Waals surface area contributed by atoms with E-state index in [1.807, 2.05) is 6.92 Å². The molecule has 1 atom stereocenters. The summed E-state index contributed by atoms with van der Waals surface area (Å²) in [6.07, 6.45) is 0.502. The number of carboxylic acid groups (broad SMARTS) is 1. The third-order valence-corrected chi connectivity index (χ3v) is 1.61. The molecule has 0 aromatic heterocycles. The number of rotatable bonds is 5. The van der Waals surface area contributed by atoms with Crippen LogP contribution < -0.4 is 5.73 Å². The van der Waals surface area contributed by atoms with Crippen molar-refractivity contribution in [2.75, 3.05) is 20.6 Å². The highest BCUT2D eigenvalue weighted by molar-refractivity contribution is 5.69. The maximum absolute atomic E-state index is 10.4. The first-order valence-electron chi connectivity index (χ1n) is 3.90. The Hall–Kier alpha value is -0.650. The summed E-state index contributed by atoms with van der Waals surface area (Å²) in [4.78, 5) is 10.4. The first-order chi connectivity index (χ1) is 5.49. The molecule has 0 rings (SSSR count). The maximum atomic E-state index is 10.4. The minimum atomic E-state index is -0.868. The molecule has 5 heteroatoms. The molecular formula is C7H17N3O2. The van der Waals surface area contributed by atoms with Crippen LogP contribution in [-0.2, 0) is 4.79 Å². The standard InChI is InChI=1S/C7H17N3O2/c1-4-6(8)10(9(2)3)5-7(11)12/h6H,4-5,8H2,1-3H3,(H,11,12). The molecule has 0 aliphatic carbocycles. The molecule has 0 spiro atoms. The van der Waals surface area contributed by atoms with Crippen LogP contribution in [0.2, 0.25) is 0 Å². The van der Waals surface area contributed by atoms with E-state index in [9.17, 15) is 4.79 Å². The third-order valence-electron chi connectivity index (χ3n) is 1.61. The zero-order chi connectivity index (χ0) is 9.72. The average Bonchev–Trinajstić information content (AvgIpc) is 1.98. The lowest BCUT2D eigenvalue weighted by Gasteiger charge is -2.31. The molecule has 3 N–H and O–H groups in total. The van der Waals surface area contributed by atoms with Crippen LogP contribution in [0.5, 0.6) is 0 Å². The van der Waals surface area contributed by atoms with Gasteiger partial charge in [0, 0.05) is 14.1 Å². The molecule has 12 heavy (non-hydrogen) atoms. The molecule has 0 bridgehead atoms. The molecule has 0 saturated heterocycles. The highest BCUT2D eigenvalue weighted by atomic mass is 16.4. The average molecular weight is 175 g/mol. The normalized spacial score (nSPS) is 13.8. The highest BCUT2D eigenvalue weighted by Gasteiger charge is 2.17. The van der Waals surface area contributed by atoms with Gasteiger partial charge < -0.3 is 10.8 Å². The van der Waals surface area contributed by atoms with E-state index in [1.54, 1.807) is 24.1 Å². The first kappa shape index (κ1) is 11.4. The summed E-state index contributed by atoms with van der Waals surface area (Å²) >= 11 is 0. The lowest BCUT2D eigenvalue weighted by molar-refractivity contribution is -0.144. The molecule has 0 amide bonds. The molecular weight excluding hydrogens is 158 g/mol. The van der Waals surface area contributed by atoms with Crippen molar-refractivity contribution >= 4 is 5.97 Å². The second-order valence-corrected chi connectivity index (χ2v) is 2.81. The van der Waals surface area contributed by atoms with E-state index in [1.165, 1.54) is 0 Å². The quantitative estimate of drug-likeness (QED) is 0.437. The summed E-state index contributed by atoms with van der Waals surface area (Å²) < 4.78 is 0. The van der Waals surface area contributed by atoms with E-state index in [0.717, 1.165) is 6.42 Å². The number of carbonyl (C=O) groups is 1. The zero-order valence-electron chi connectivity index (χ0n) is 7.82. The molecule has 0 aliphatic heterocycles. The van der Waals surface area contributed by atoms with Gasteiger partial charge in [0.2, 0.25) is 0 Å². The van der Waals surface area contributed by atoms with E-state index in [4.69, 9.17) is 10.8 Å². The van der Waals surface area contributed by atoms with E-state index in [0.29, 0.717) is 0 Å². The Kier molecular flexibility index (Phi) is 4.80. The fourth-order valence-corrected chi connectivity index (χ4v) is 0.905. The van der Waals surface area contributed by atoms with Gasteiger partial charge in [-0.15, -0.1) is 0 Å². The van der Waals surface area contributed by atoms with Crippen molar-refractivity contribution in [1.82, 2.24) is 10.0 Å². The van der Waals surface area contributed by atoms with Gasteiger partial charge in [0.25, 0.3) is 0 Å². The molecule has 0 saturated carbocycles. The minimum Gasteiger partial charge on any atom is -0.480 e. The van der Waals surface area contributed by atoms with E-state index in [2.05, 4.69) is 0 Å². The first-order valence-corrected chi connectivity index (χ1v) is 3.90. The number of aliphatic carboxylic acids is 1. The van der Waals surface area contributed by atoms with Crippen LogP contribution in [0.25, 0.3) is 0 Å². The largest absolute Gasteiger partial charge is 0.480 e. The summed E-state index contributed by atoms with van der Waals surface area (Å²) in [6, 6.07) is 0. The van der Waals surface area contributed by atoms with Gasteiger partial charge >= 0.3 is 5.97 Å². The molecule has 0 aromatic carbocycles. The second kappa shape index (κ2) is 5.08. The Balaban J connectivity index is 4.12. The monoisotopic (exact) mass is 175 g/mol. The van der Waals surface area contributed by atoms with Crippen molar-refractivity contribution in [3.63, 3.8) is 0 Å². The maximum Gasteiger partial charge on any atom is 0.319 e. The molecule has 0 fully saturated rings. The van der Waals surface area contributed by atoms with Gasteiger partial charge in [0.15, 0.2) is 0 Å². The third kappa shape index (κ3) is 3.66. The predicted molar refractivity (Wildman–Crippen MR) is 46.3 cm³/mol. The van der Waals surface area contributed by atoms with E-state index < -0.39 is 5.97 Å². The van der Waals surface area contributed by atoms with Gasteiger partial charge in [-0.05, 0) is 6.42 Å². The molecule has 5 nitrogen and oxygen atoms in total. The Bertz CT molecular complexity index is 150. The number of hydrazine groups is 1. The van der Waals surface area contributed by atoms with Gasteiger partial charge in [0.1, 0.15) is 6.54 Å². The van der Waals surface area contributed by atoms with E-state index in [-0.39, 0.29) is 12.7 Å². The summed E-state index contributed by atoms with van der Waals surface area (Å²) in [6.45, 7) is 1.87. The number of hydrogen-bond acceptors (Lipinski definition) is 4. The number of nitrogens with two attached hydrogens (primary N) is 1. The number of hydrogen-bond donors (Lipinski definition) is 2. The van der Waals surface area contributed by atoms with Crippen LogP contribution in [0, 0.1) is 0 Å².